The molecule has 0 unspecified atom stereocenters. The van der Waals surface area contributed by atoms with Crippen LogP contribution in [0.15, 0.2) is 0 Å². The lowest BCUT2D eigenvalue weighted by Gasteiger charge is -2.19. The van der Waals surface area contributed by atoms with Gasteiger partial charge in [0.15, 0.2) is 0 Å². The minimum Gasteiger partial charge on any atom is -0.306 e. The van der Waals surface area contributed by atoms with Crippen molar-refractivity contribution in [2.45, 2.75) is 26.7 Å². The van der Waals surface area contributed by atoms with Crippen molar-refractivity contribution in [3.05, 3.63) is 0 Å². The Balaban J connectivity index is 2.21. The van der Waals surface area contributed by atoms with Gasteiger partial charge in [-0.15, -0.1) is 6.42 Å². The second-order valence-electron chi connectivity index (χ2n) is 3.82. The lowest BCUT2D eigenvalue weighted by molar-refractivity contribution is 0.344. The van der Waals surface area contributed by atoms with E-state index < -0.39 is 0 Å². The minimum absolute atomic E-state index is 0.594. The average molecular weight is 151 g/mol. The maximum atomic E-state index is 5.14. The van der Waals surface area contributed by atoms with Gasteiger partial charge in [0.25, 0.3) is 0 Å². The molecule has 0 radical (unpaired) electrons. The molecule has 0 spiro atoms. The van der Waals surface area contributed by atoms with E-state index in [1.165, 1.54) is 12.8 Å². The standard InChI is InChI=1S/C10H17N/c1-4-7-11-8-10(5-6-10)9(2)3/h1,9,11H,5-8H2,2-3H3. The fraction of sp³-hybridized carbons (Fsp3) is 0.800. The predicted molar refractivity (Wildman–Crippen MR) is 48.2 cm³/mol. The molecule has 11 heavy (non-hydrogen) atoms. The summed E-state index contributed by atoms with van der Waals surface area (Å²) in [5.41, 5.74) is 0.594. The summed E-state index contributed by atoms with van der Waals surface area (Å²) in [6.07, 6.45) is 7.90. The highest BCUT2D eigenvalue weighted by Crippen LogP contribution is 2.51. The van der Waals surface area contributed by atoms with Crippen molar-refractivity contribution in [2.75, 3.05) is 13.1 Å². The molecule has 1 fully saturated rings. The molecule has 0 amide bonds. The highest BCUT2D eigenvalue weighted by atomic mass is 14.9. The van der Waals surface area contributed by atoms with Crippen LogP contribution in [0.1, 0.15) is 26.7 Å². The van der Waals surface area contributed by atoms with Crippen molar-refractivity contribution < 1.29 is 0 Å². The first-order chi connectivity index (χ1) is 5.21. The van der Waals surface area contributed by atoms with Gasteiger partial charge in [-0.05, 0) is 24.2 Å². The molecule has 1 nitrogen and oxygen atoms in total. The van der Waals surface area contributed by atoms with Crippen LogP contribution in [-0.4, -0.2) is 13.1 Å². The lowest BCUT2D eigenvalue weighted by atomic mass is 9.92. The van der Waals surface area contributed by atoms with Crippen LogP contribution in [0, 0.1) is 23.7 Å². The van der Waals surface area contributed by atoms with E-state index in [1.54, 1.807) is 0 Å². The minimum atomic E-state index is 0.594. The Labute approximate surface area is 69.6 Å². The molecule has 1 aliphatic carbocycles. The van der Waals surface area contributed by atoms with Gasteiger partial charge in [0.05, 0.1) is 6.54 Å². The second-order valence-corrected chi connectivity index (χ2v) is 3.82. The third-order valence-corrected chi connectivity index (χ3v) is 2.82. The van der Waals surface area contributed by atoms with Crippen LogP contribution in [0.25, 0.3) is 0 Å². The molecule has 0 saturated heterocycles. The topological polar surface area (TPSA) is 12.0 Å². The largest absolute Gasteiger partial charge is 0.306 e. The summed E-state index contributed by atoms with van der Waals surface area (Å²) >= 11 is 0. The molecule has 1 rings (SSSR count). The summed E-state index contributed by atoms with van der Waals surface area (Å²) in [6.45, 7) is 6.42. The Morgan fingerprint density at radius 2 is 2.18 bits per heavy atom. The highest BCUT2D eigenvalue weighted by molar-refractivity contribution is 4.98. The zero-order chi connectivity index (χ0) is 8.32. The second kappa shape index (κ2) is 3.28. The van der Waals surface area contributed by atoms with E-state index in [4.69, 9.17) is 6.42 Å². The van der Waals surface area contributed by atoms with E-state index in [0.717, 1.165) is 12.5 Å². The first kappa shape index (κ1) is 8.62. The molecule has 1 saturated carbocycles. The fourth-order valence-corrected chi connectivity index (χ4v) is 1.50. The third kappa shape index (κ3) is 1.97. The summed E-state index contributed by atoms with van der Waals surface area (Å²) in [4.78, 5) is 0. The number of rotatable bonds is 4. The van der Waals surface area contributed by atoms with Gasteiger partial charge in [-0.2, -0.15) is 0 Å². The average Bonchev–Trinajstić information content (AvgIpc) is 2.70. The van der Waals surface area contributed by atoms with E-state index in [0.29, 0.717) is 12.0 Å². The summed E-state index contributed by atoms with van der Waals surface area (Å²) in [5, 5.41) is 3.28. The van der Waals surface area contributed by atoms with Gasteiger partial charge in [0.1, 0.15) is 0 Å². The molecule has 0 aromatic heterocycles. The normalized spacial score (nSPS) is 19.8. The number of nitrogens with one attached hydrogen (secondary N) is 1. The van der Waals surface area contributed by atoms with Crippen LogP contribution in [0.2, 0.25) is 0 Å². The van der Waals surface area contributed by atoms with Gasteiger partial charge in [0.2, 0.25) is 0 Å². The van der Waals surface area contributed by atoms with E-state index in [1.807, 2.05) is 0 Å². The number of terminal acetylenes is 1. The Morgan fingerprint density at radius 1 is 1.55 bits per heavy atom. The van der Waals surface area contributed by atoms with E-state index in [9.17, 15) is 0 Å². The third-order valence-electron chi connectivity index (χ3n) is 2.82. The zero-order valence-electron chi connectivity index (χ0n) is 7.48. The molecule has 0 aromatic carbocycles. The molecule has 0 heterocycles. The Hall–Kier alpha value is -0.480. The van der Waals surface area contributed by atoms with E-state index >= 15 is 0 Å². The molecule has 1 aliphatic rings. The van der Waals surface area contributed by atoms with Gasteiger partial charge >= 0.3 is 0 Å². The fourth-order valence-electron chi connectivity index (χ4n) is 1.50. The Kier molecular flexibility index (Phi) is 2.57. The molecule has 0 aromatic rings. The maximum Gasteiger partial charge on any atom is 0.0574 e. The summed E-state index contributed by atoms with van der Waals surface area (Å²) in [6, 6.07) is 0. The molecular formula is C10H17N. The van der Waals surface area contributed by atoms with Gasteiger partial charge in [0, 0.05) is 6.54 Å². The zero-order valence-corrected chi connectivity index (χ0v) is 7.48. The first-order valence-electron chi connectivity index (χ1n) is 4.35. The van der Waals surface area contributed by atoms with E-state index in [-0.39, 0.29) is 0 Å². The van der Waals surface area contributed by atoms with Crippen LogP contribution in [-0.2, 0) is 0 Å². The van der Waals surface area contributed by atoms with Crippen LogP contribution in [0.4, 0.5) is 0 Å². The van der Waals surface area contributed by atoms with E-state index in [2.05, 4.69) is 25.1 Å². The highest BCUT2D eigenvalue weighted by Gasteiger charge is 2.44. The monoisotopic (exact) mass is 151 g/mol. The maximum absolute atomic E-state index is 5.14. The summed E-state index contributed by atoms with van der Waals surface area (Å²) < 4.78 is 0. The van der Waals surface area contributed by atoms with Crippen LogP contribution >= 0.6 is 0 Å². The van der Waals surface area contributed by atoms with Gasteiger partial charge in [-0.25, -0.2) is 0 Å². The van der Waals surface area contributed by atoms with Crippen molar-refractivity contribution in [1.29, 1.82) is 0 Å². The van der Waals surface area contributed by atoms with Gasteiger partial charge in [-0.1, -0.05) is 19.8 Å². The number of hydrogen-bond acceptors (Lipinski definition) is 1. The van der Waals surface area contributed by atoms with Crippen molar-refractivity contribution in [2.24, 2.45) is 11.3 Å². The molecule has 1 heteroatoms. The SMILES string of the molecule is C#CCNCC1(C(C)C)CC1. The lowest BCUT2D eigenvalue weighted by Crippen LogP contribution is -2.27. The molecule has 0 bridgehead atoms. The van der Waals surface area contributed by atoms with Crippen molar-refractivity contribution in [3.63, 3.8) is 0 Å². The summed E-state index contributed by atoms with van der Waals surface area (Å²) in [7, 11) is 0. The molecule has 0 aliphatic heterocycles. The first-order valence-corrected chi connectivity index (χ1v) is 4.35. The summed E-state index contributed by atoms with van der Waals surface area (Å²) in [5.74, 6) is 3.39. The van der Waals surface area contributed by atoms with Crippen LogP contribution in [0.5, 0.6) is 0 Å². The van der Waals surface area contributed by atoms with Crippen molar-refractivity contribution >= 4 is 0 Å². The molecule has 1 N–H and O–H groups in total. The Bertz CT molecular complexity index is 160. The van der Waals surface area contributed by atoms with Crippen LogP contribution in [0.3, 0.4) is 0 Å². The van der Waals surface area contributed by atoms with Crippen molar-refractivity contribution in [1.82, 2.24) is 5.32 Å². The predicted octanol–water partition coefficient (Wildman–Crippen LogP) is 1.65. The quantitative estimate of drug-likeness (QED) is 0.476. The van der Waals surface area contributed by atoms with Crippen molar-refractivity contribution in [3.8, 4) is 12.3 Å². The molecule has 62 valence electrons. The Morgan fingerprint density at radius 3 is 2.55 bits per heavy atom. The van der Waals surface area contributed by atoms with Gasteiger partial charge < -0.3 is 5.32 Å². The van der Waals surface area contributed by atoms with Crippen LogP contribution < -0.4 is 5.32 Å². The smallest absolute Gasteiger partial charge is 0.0574 e. The molecular weight excluding hydrogens is 134 g/mol. The van der Waals surface area contributed by atoms with Gasteiger partial charge in [-0.3, -0.25) is 0 Å². The molecule has 0 atom stereocenters. The number of hydrogen-bond donors (Lipinski definition) is 1.